The Hall–Kier alpha value is -1.26. The summed E-state index contributed by atoms with van der Waals surface area (Å²) in [6, 6.07) is 5.25. The largest absolute Gasteiger partial charge is 0.496 e. The molecule has 1 aromatic rings. The van der Waals surface area contributed by atoms with Crippen LogP contribution in [0.3, 0.4) is 0 Å². The van der Waals surface area contributed by atoms with Crippen LogP contribution in [-0.4, -0.2) is 30.8 Å². The van der Waals surface area contributed by atoms with E-state index in [2.05, 4.69) is 5.32 Å². The van der Waals surface area contributed by atoms with Gasteiger partial charge in [0.05, 0.1) is 19.6 Å². The summed E-state index contributed by atoms with van der Waals surface area (Å²) in [6.07, 6.45) is 2.63. The van der Waals surface area contributed by atoms with E-state index in [1.54, 1.807) is 25.3 Å². The third-order valence-electron chi connectivity index (χ3n) is 3.69. The van der Waals surface area contributed by atoms with Crippen molar-refractivity contribution in [1.29, 1.82) is 0 Å². The number of halogens is 1. The fourth-order valence-electron chi connectivity index (χ4n) is 2.61. The molecule has 2 rings (SSSR count). The summed E-state index contributed by atoms with van der Waals surface area (Å²) in [5.41, 5.74) is 0.781. The molecule has 0 radical (unpaired) electrons. The third kappa shape index (κ3) is 4.12. The van der Waals surface area contributed by atoms with Gasteiger partial charge >= 0.3 is 0 Å². The number of carbonyl (C=O) groups excluding carboxylic acids is 1. The van der Waals surface area contributed by atoms with Crippen LogP contribution in [0.1, 0.15) is 24.8 Å². The number of rotatable bonds is 5. The molecule has 0 aromatic heterocycles. The minimum atomic E-state index is -0.204. The van der Waals surface area contributed by atoms with Gasteiger partial charge in [-0.25, -0.2) is 0 Å². The number of ether oxygens (including phenoxy) is 1. The fourth-order valence-corrected chi connectivity index (χ4v) is 2.81. The van der Waals surface area contributed by atoms with Crippen molar-refractivity contribution in [3.05, 3.63) is 28.8 Å². The molecule has 0 aliphatic heterocycles. The Morgan fingerprint density at radius 2 is 2.30 bits per heavy atom. The number of hydrogen-bond acceptors (Lipinski definition) is 3. The normalized spacial score (nSPS) is 21.8. The minimum absolute atomic E-state index is 0.0491. The first kappa shape index (κ1) is 15.1. The van der Waals surface area contributed by atoms with E-state index in [4.69, 9.17) is 16.3 Å². The Morgan fingerprint density at radius 1 is 1.50 bits per heavy atom. The molecular formula is C15H20ClNO3. The van der Waals surface area contributed by atoms with Crippen LogP contribution in [0.4, 0.5) is 0 Å². The average molecular weight is 298 g/mol. The van der Waals surface area contributed by atoms with E-state index in [1.807, 2.05) is 0 Å². The van der Waals surface area contributed by atoms with E-state index in [0.29, 0.717) is 23.2 Å². The van der Waals surface area contributed by atoms with Gasteiger partial charge in [-0.05, 0) is 43.4 Å². The summed E-state index contributed by atoms with van der Waals surface area (Å²) >= 11 is 5.94. The summed E-state index contributed by atoms with van der Waals surface area (Å²) < 4.78 is 5.22. The number of hydrogen-bond donors (Lipinski definition) is 2. The van der Waals surface area contributed by atoms with E-state index in [0.717, 1.165) is 24.8 Å². The Labute approximate surface area is 124 Å². The first-order valence-electron chi connectivity index (χ1n) is 6.85. The van der Waals surface area contributed by atoms with Crippen LogP contribution in [0.15, 0.2) is 18.2 Å². The van der Waals surface area contributed by atoms with Crippen molar-refractivity contribution in [3.63, 3.8) is 0 Å². The van der Waals surface area contributed by atoms with Crippen LogP contribution in [0, 0.1) is 5.92 Å². The lowest BCUT2D eigenvalue weighted by Gasteiger charge is -2.12. The molecule has 1 aliphatic carbocycles. The maximum Gasteiger partial charge on any atom is 0.224 e. The molecule has 4 nitrogen and oxygen atoms in total. The van der Waals surface area contributed by atoms with Crippen molar-refractivity contribution < 1.29 is 14.6 Å². The fraction of sp³-hybridized carbons (Fsp3) is 0.533. The lowest BCUT2D eigenvalue weighted by molar-refractivity contribution is -0.120. The number of nitrogens with one attached hydrogen (secondary N) is 1. The first-order chi connectivity index (χ1) is 9.58. The van der Waals surface area contributed by atoms with Crippen LogP contribution in [0.5, 0.6) is 5.75 Å². The summed E-state index contributed by atoms with van der Waals surface area (Å²) in [4.78, 5) is 12.0. The van der Waals surface area contributed by atoms with Gasteiger partial charge in [0.15, 0.2) is 0 Å². The molecule has 1 saturated carbocycles. The van der Waals surface area contributed by atoms with E-state index >= 15 is 0 Å². The molecule has 2 unspecified atom stereocenters. The quantitative estimate of drug-likeness (QED) is 0.876. The predicted molar refractivity (Wildman–Crippen MR) is 78.1 cm³/mol. The zero-order valence-corrected chi connectivity index (χ0v) is 12.3. The molecular weight excluding hydrogens is 278 g/mol. The van der Waals surface area contributed by atoms with E-state index in [1.165, 1.54) is 0 Å². The number of methoxy groups -OCH3 is 1. The van der Waals surface area contributed by atoms with E-state index in [9.17, 15) is 9.90 Å². The molecule has 110 valence electrons. The molecule has 0 bridgehead atoms. The van der Waals surface area contributed by atoms with Gasteiger partial charge in [-0.15, -0.1) is 0 Å². The van der Waals surface area contributed by atoms with Gasteiger partial charge in [-0.1, -0.05) is 11.6 Å². The third-order valence-corrected chi connectivity index (χ3v) is 3.93. The van der Waals surface area contributed by atoms with Gasteiger partial charge < -0.3 is 15.2 Å². The number of carbonyl (C=O) groups is 1. The maximum absolute atomic E-state index is 12.0. The molecule has 2 N–H and O–H groups in total. The molecule has 0 spiro atoms. The lowest BCUT2D eigenvalue weighted by atomic mass is 10.1. The minimum Gasteiger partial charge on any atom is -0.496 e. The second-order valence-corrected chi connectivity index (χ2v) is 5.71. The summed E-state index contributed by atoms with van der Waals surface area (Å²) in [5, 5.41) is 13.0. The Kier molecular flexibility index (Phi) is 5.26. The maximum atomic E-state index is 12.0. The number of aliphatic hydroxyl groups is 1. The molecule has 1 fully saturated rings. The molecule has 20 heavy (non-hydrogen) atoms. The van der Waals surface area contributed by atoms with Gasteiger partial charge in [-0.3, -0.25) is 4.79 Å². The molecule has 0 heterocycles. The van der Waals surface area contributed by atoms with Gasteiger partial charge in [0.25, 0.3) is 0 Å². The van der Waals surface area contributed by atoms with Gasteiger partial charge in [-0.2, -0.15) is 0 Å². The zero-order chi connectivity index (χ0) is 14.5. The van der Waals surface area contributed by atoms with Crippen LogP contribution in [-0.2, 0) is 11.2 Å². The van der Waals surface area contributed by atoms with Crippen molar-refractivity contribution in [1.82, 2.24) is 5.32 Å². The summed E-state index contributed by atoms with van der Waals surface area (Å²) in [6.45, 7) is 0.624. The summed E-state index contributed by atoms with van der Waals surface area (Å²) in [7, 11) is 1.57. The van der Waals surface area contributed by atoms with Crippen molar-refractivity contribution in [2.24, 2.45) is 5.92 Å². The molecule has 5 heteroatoms. The van der Waals surface area contributed by atoms with Gasteiger partial charge in [0, 0.05) is 17.1 Å². The van der Waals surface area contributed by atoms with Crippen molar-refractivity contribution in [2.75, 3.05) is 13.7 Å². The van der Waals surface area contributed by atoms with E-state index in [-0.39, 0.29) is 18.4 Å². The monoisotopic (exact) mass is 297 g/mol. The second-order valence-electron chi connectivity index (χ2n) is 5.27. The van der Waals surface area contributed by atoms with Crippen LogP contribution >= 0.6 is 11.6 Å². The van der Waals surface area contributed by atoms with Crippen LogP contribution < -0.4 is 10.1 Å². The first-order valence-corrected chi connectivity index (χ1v) is 7.23. The molecule has 2 atom stereocenters. The lowest BCUT2D eigenvalue weighted by Crippen LogP contribution is -2.30. The number of amides is 1. The number of aliphatic hydroxyl groups excluding tert-OH is 1. The molecule has 0 saturated heterocycles. The standard InChI is InChI=1S/C15H20ClNO3/c1-20-14-5-3-12(16)7-11(14)8-15(19)17-9-10-2-4-13(18)6-10/h3,5,7,10,13,18H,2,4,6,8-9H2,1H3,(H,17,19). The number of benzene rings is 1. The summed E-state index contributed by atoms with van der Waals surface area (Å²) in [5.74, 6) is 1.00. The van der Waals surface area contributed by atoms with Crippen LogP contribution in [0.2, 0.25) is 5.02 Å². The highest BCUT2D eigenvalue weighted by Crippen LogP contribution is 2.25. The van der Waals surface area contributed by atoms with E-state index < -0.39 is 0 Å². The molecule has 1 amide bonds. The van der Waals surface area contributed by atoms with Crippen molar-refractivity contribution in [3.8, 4) is 5.75 Å². The Balaban J connectivity index is 1.86. The molecule has 1 aliphatic rings. The smallest absolute Gasteiger partial charge is 0.224 e. The highest BCUT2D eigenvalue weighted by atomic mass is 35.5. The molecule has 1 aromatic carbocycles. The zero-order valence-electron chi connectivity index (χ0n) is 11.6. The topological polar surface area (TPSA) is 58.6 Å². The average Bonchev–Trinajstić information content (AvgIpc) is 2.83. The van der Waals surface area contributed by atoms with Gasteiger partial charge in [0.2, 0.25) is 5.91 Å². The second kappa shape index (κ2) is 6.95. The highest BCUT2D eigenvalue weighted by Gasteiger charge is 2.23. The van der Waals surface area contributed by atoms with Gasteiger partial charge in [0.1, 0.15) is 5.75 Å². The Morgan fingerprint density at radius 3 is 2.95 bits per heavy atom. The van der Waals surface area contributed by atoms with Crippen molar-refractivity contribution >= 4 is 17.5 Å². The van der Waals surface area contributed by atoms with Crippen molar-refractivity contribution in [2.45, 2.75) is 31.8 Å². The predicted octanol–water partition coefficient (Wildman–Crippen LogP) is 2.17. The van der Waals surface area contributed by atoms with Crippen LogP contribution in [0.25, 0.3) is 0 Å². The highest BCUT2D eigenvalue weighted by molar-refractivity contribution is 6.30. The Bertz CT molecular complexity index is 478. The SMILES string of the molecule is COc1ccc(Cl)cc1CC(=O)NCC1CCC(O)C1.